The molecule has 0 spiro atoms. The van der Waals surface area contributed by atoms with Crippen LogP contribution in [0.3, 0.4) is 0 Å². The van der Waals surface area contributed by atoms with E-state index >= 15 is 0 Å². The van der Waals surface area contributed by atoms with Gasteiger partial charge in [-0.2, -0.15) is 17.0 Å². The molecule has 1 N–H and O–H groups in total. The lowest BCUT2D eigenvalue weighted by molar-refractivity contribution is -0.153. The van der Waals surface area contributed by atoms with Gasteiger partial charge in [0.25, 0.3) is 5.91 Å². The van der Waals surface area contributed by atoms with Gasteiger partial charge in [-0.05, 0) is 49.6 Å². The van der Waals surface area contributed by atoms with E-state index in [2.05, 4.69) is 10.3 Å². The first-order valence-corrected chi connectivity index (χ1v) is 10.3. The van der Waals surface area contributed by atoms with Gasteiger partial charge in [-0.15, -0.1) is 0 Å². The number of anilines is 1. The predicted octanol–water partition coefficient (Wildman–Crippen LogP) is 3.34. The van der Waals surface area contributed by atoms with Crippen molar-refractivity contribution in [2.24, 2.45) is 0 Å². The summed E-state index contributed by atoms with van der Waals surface area (Å²) in [6.07, 6.45) is 1.01. The average Bonchev–Trinajstić information content (AvgIpc) is 3.06. The third kappa shape index (κ3) is 4.95. The Balaban J connectivity index is 1.65. The number of esters is 1. The number of ether oxygens (including phenoxy) is 1. The predicted molar refractivity (Wildman–Crippen MR) is 112 cm³/mol. The number of benzene rings is 2. The second-order valence-electron chi connectivity index (χ2n) is 6.35. The molecule has 3 rings (SSSR count). The molecule has 3 aromatic rings. The van der Waals surface area contributed by atoms with Crippen molar-refractivity contribution in [3.63, 3.8) is 0 Å². The molecule has 148 valence electrons. The molecule has 0 saturated heterocycles. The molecule has 0 fully saturated rings. The van der Waals surface area contributed by atoms with Crippen molar-refractivity contribution in [3.05, 3.63) is 59.9 Å². The van der Waals surface area contributed by atoms with Crippen LogP contribution in [-0.4, -0.2) is 33.8 Å². The lowest BCUT2D eigenvalue weighted by atomic mass is 10.2. The highest BCUT2D eigenvalue weighted by Crippen LogP contribution is 2.19. The Morgan fingerprint density at radius 2 is 1.97 bits per heavy atom. The van der Waals surface area contributed by atoms with Crippen LogP contribution in [0.25, 0.3) is 11.0 Å². The minimum Gasteiger partial charge on any atom is -0.451 e. The van der Waals surface area contributed by atoms with Crippen LogP contribution in [0, 0.1) is 11.3 Å². The monoisotopic (exact) mass is 408 g/mol. The molecule has 0 bridgehead atoms. The fourth-order valence-electron chi connectivity index (χ4n) is 2.83. The molecule has 1 heterocycles. The standard InChI is InChI=1S/C21H20N4O3S/c1-14(21(27)23-16-9-7-15(11-22)8-10-16)28-20(26)12-25-18-6-4-3-5-17(18)24-19(25)13-29-2/h3-10,14H,12-13H2,1-2H3,(H,23,27)/t14-/m0/s1. The van der Waals surface area contributed by atoms with Crippen molar-refractivity contribution >= 4 is 40.4 Å². The highest BCUT2D eigenvalue weighted by molar-refractivity contribution is 7.97. The fourth-order valence-corrected chi connectivity index (χ4v) is 3.31. The third-order valence-electron chi connectivity index (χ3n) is 4.25. The highest BCUT2D eigenvalue weighted by Gasteiger charge is 2.20. The fraction of sp³-hybridized carbons (Fsp3) is 0.238. The topological polar surface area (TPSA) is 97.0 Å². The second-order valence-corrected chi connectivity index (χ2v) is 7.21. The Bertz CT molecular complexity index is 1070. The number of hydrogen-bond donors (Lipinski definition) is 1. The van der Waals surface area contributed by atoms with E-state index in [9.17, 15) is 9.59 Å². The Labute approximate surface area is 172 Å². The Kier molecular flexibility index (Phi) is 6.52. The molecule has 29 heavy (non-hydrogen) atoms. The molecule has 0 unspecified atom stereocenters. The van der Waals surface area contributed by atoms with E-state index in [-0.39, 0.29) is 6.54 Å². The summed E-state index contributed by atoms with van der Waals surface area (Å²) in [5, 5.41) is 11.5. The lowest BCUT2D eigenvalue weighted by Crippen LogP contribution is -2.31. The van der Waals surface area contributed by atoms with Crippen LogP contribution in [-0.2, 0) is 26.6 Å². The van der Waals surface area contributed by atoms with Crippen molar-refractivity contribution in [3.8, 4) is 6.07 Å². The number of nitrogens with zero attached hydrogens (tertiary/aromatic N) is 3. The van der Waals surface area contributed by atoms with Gasteiger partial charge < -0.3 is 14.6 Å². The first-order chi connectivity index (χ1) is 14.0. The Hall–Kier alpha value is -3.31. The SMILES string of the molecule is CSCc1nc2ccccc2n1CC(=O)O[C@@H](C)C(=O)Nc1ccc(C#N)cc1. The first kappa shape index (κ1) is 20.4. The van der Waals surface area contributed by atoms with Gasteiger partial charge in [-0.1, -0.05) is 12.1 Å². The number of hydrogen-bond acceptors (Lipinski definition) is 6. The van der Waals surface area contributed by atoms with Crippen LogP contribution in [0.15, 0.2) is 48.5 Å². The van der Waals surface area contributed by atoms with E-state index in [4.69, 9.17) is 10.00 Å². The van der Waals surface area contributed by atoms with Crippen LogP contribution in [0.5, 0.6) is 0 Å². The van der Waals surface area contributed by atoms with Gasteiger partial charge in [0.15, 0.2) is 6.10 Å². The van der Waals surface area contributed by atoms with Gasteiger partial charge in [0.05, 0.1) is 28.4 Å². The van der Waals surface area contributed by atoms with E-state index in [0.717, 1.165) is 16.9 Å². The number of carbonyl (C=O) groups excluding carboxylic acids is 2. The van der Waals surface area contributed by atoms with E-state index in [1.54, 1.807) is 36.0 Å². The largest absolute Gasteiger partial charge is 0.451 e. The third-order valence-corrected chi connectivity index (χ3v) is 4.80. The van der Waals surface area contributed by atoms with Crippen molar-refractivity contribution in [2.75, 3.05) is 11.6 Å². The average molecular weight is 408 g/mol. The van der Waals surface area contributed by atoms with Crippen LogP contribution in [0.1, 0.15) is 18.3 Å². The van der Waals surface area contributed by atoms with Gasteiger partial charge >= 0.3 is 5.97 Å². The maximum atomic E-state index is 12.5. The molecule has 0 saturated carbocycles. The number of imidazole rings is 1. The minimum absolute atomic E-state index is 0.0229. The summed E-state index contributed by atoms with van der Waals surface area (Å²) in [4.78, 5) is 29.4. The molecule has 2 aromatic carbocycles. The van der Waals surface area contributed by atoms with Crippen LogP contribution >= 0.6 is 11.8 Å². The molecule has 1 atom stereocenters. The summed E-state index contributed by atoms with van der Waals surface area (Å²) < 4.78 is 7.14. The van der Waals surface area contributed by atoms with E-state index in [1.807, 2.05) is 41.2 Å². The second kappa shape index (κ2) is 9.26. The van der Waals surface area contributed by atoms with Gasteiger partial charge in [0, 0.05) is 5.69 Å². The summed E-state index contributed by atoms with van der Waals surface area (Å²) in [7, 11) is 0. The maximum Gasteiger partial charge on any atom is 0.326 e. The highest BCUT2D eigenvalue weighted by atomic mass is 32.2. The zero-order valence-corrected chi connectivity index (χ0v) is 16.9. The van der Waals surface area contributed by atoms with Gasteiger partial charge in [-0.25, -0.2) is 4.98 Å². The molecule has 0 aliphatic heterocycles. The van der Waals surface area contributed by atoms with Crippen LogP contribution < -0.4 is 5.32 Å². The number of thioether (sulfide) groups is 1. The Morgan fingerprint density at radius 3 is 2.66 bits per heavy atom. The number of carbonyl (C=O) groups is 2. The van der Waals surface area contributed by atoms with Gasteiger partial charge in [-0.3, -0.25) is 9.59 Å². The van der Waals surface area contributed by atoms with E-state index < -0.39 is 18.0 Å². The number of amides is 1. The number of rotatable bonds is 7. The zero-order valence-electron chi connectivity index (χ0n) is 16.1. The van der Waals surface area contributed by atoms with Gasteiger partial charge in [0.1, 0.15) is 12.4 Å². The normalized spacial score (nSPS) is 11.6. The van der Waals surface area contributed by atoms with Crippen molar-refractivity contribution in [1.82, 2.24) is 9.55 Å². The number of aromatic nitrogens is 2. The summed E-state index contributed by atoms with van der Waals surface area (Å²) in [6.45, 7) is 1.50. The quantitative estimate of drug-likeness (QED) is 0.602. The van der Waals surface area contributed by atoms with E-state index in [0.29, 0.717) is 17.0 Å². The van der Waals surface area contributed by atoms with Crippen molar-refractivity contribution in [1.29, 1.82) is 5.26 Å². The molecule has 1 amide bonds. The minimum atomic E-state index is -0.961. The van der Waals surface area contributed by atoms with Crippen LogP contribution in [0.4, 0.5) is 5.69 Å². The maximum absolute atomic E-state index is 12.5. The first-order valence-electron chi connectivity index (χ1n) is 8.95. The van der Waals surface area contributed by atoms with E-state index in [1.165, 1.54) is 6.92 Å². The zero-order chi connectivity index (χ0) is 20.8. The number of fused-ring (bicyclic) bond motifs is 1. The number of nitrogens with one attached hydrogen (secondary N) is 1. The molecule has 8 heteroatoms. The summed E-state index contributed by atoms with van der Waals surface area (Å²) in [6, 6.07) is 16.1. The Morgan fingerprint density at radius 1 is 1.24 bits per heavy atom. The molecule has 0 aliphatic carbocycles. The van der Waals surface area contributed by atoms with Gasteiger partial charge in [0.2, 0.25) is 0 Å². The smallest absolute Gasteiger partial charge is 0.326 e. The molecular weight excluding hydrogens is 388 g/mol. The van der Waals surface area contributed by atoms with Crippen LogP contribution in [0.2, 0.25) is 0 Å². The molecular formula is C21H20N4O3S. The molecule has 0 radical (unpaired) electrons. The number of nitriles is 1. The summed E-state index contributed by atoms with van der Waals surface area (Å²) in [5.74, 6) is 0.489. The molecule has 7 nitrogen and oxygen atoms in total. The van der Waals surface area contributed by atoms with Crippen molar-refractivity contribution in [2.45, 2.75) is 25.3 Å². The summed E-state index contributed by atoms with van der Waals surface area (Å²) in [5.41, 5.74) is 2.69. The molecule has 1 aromatic heterocycles. The number of para-hydroxylation sites is 2. The van der Waals surface area contributed by atoms with Crippen molar-refractivity contribution < 1.29 is 14.3 Å². The summed E-state index contributed by atoms with van der Waals surface area (Å²) >= 11 is 1.61. The molecule has 0 aliphatic rings. The lowest BCUT2D eigenvalue weighted by Gasteiger charge is -2.15.